The molecule has 0 aliphatic rings. The van der Waals surface area contributed by atoms with E-state index in [2.05, 4.69) is 4.98 Å². The smallest absolute Gasteiger partial charge is 0.335 e. The maximum absolute atomic E-state index is 10.9. The molecule has 0 aliphatic heterocycles. The number of nitrogens with zero attached hydrogens (tertiary/aromatic N) is 3. The van der Waals surface area contributed by atoms with Crippen LogP contribution in [0.2, 0.25) is 0 Å². The highest BCUT2D eigenvalue weighted by atomic mass is 32.1. The summed E-state index contributed by atoms with van der Waals surface area (Å²) in [5, 5.41) is 20.0. The number of aromatic nitrogens is 1. The maximum atomic E-state index is 10.9. The highest BCUT2D eigenvalue weighted by molar-refractivity contribution is 7.07. The standard InChI is InChI=1S/C13H11N3O2S/c1-16(6-11-7-19-8-15-11)12-3-2-9(13(17)18)4-10(12)5-14/h2-4,7-8H,6H2,1H3,(H,17,18). The molecular formula is C13H11N3O2S. The van der Waals surface area contributed by atoms with Crippen molar-refractivity contribution in [3.63, 3.8) is 0 Å². The minimum absolute atomic E-state index is 0.113. The minimum Gasteiger partial charge on any atom is -0.478 e. The predicted octanol–water partition coefficient (Wildman–Crippen LogP) is 2.35. The Labute approximate surface area is 114 Å². The van der Waals surface area contributed by atoms with Crippen LogP contribution in [0.1, 0.15) is 21.6 Å². The molecule has 0 aliphatic carbocycles. The van der Waals surface area contributed by atoms with E-state index in [9.17, 15) is 4.79 Å². The average molecular weight is 273 g/mol. The third kappa shape index (κ3) is 2.89. The van der Waals surface area contributed by atoms with Crippen molar-refractivity contribution in [2.75, 3.05) is 11.9 Å². The average Bonchev–Trinajstić information content (AvgIpc) is 2.90. The number of thiazole rings is 1. The van der Waals surface area contributed by atoms with Crippen LogP contribution in [-0.4, -0.2) is 23.1 Å². The Morgan fingerprint density at radius 3 is 2.95 bits per heavy atom. The zero-order valence-corrected chi connectivity index (χ0v) is 11.0. The number of hydrogen-bond acceptors (Lipinski definition) is 5. The third-order valence-electron chi connectivity index (χ3n) is 2.66. The first-order valence-electron chi connectivity index (χ1n) is 5.47. The summed E-state index contributed by atoms with van der Waals surface area (Å²) in [6.45, 7) is 0.574. The van der Waals surface area contributed by atoms with Crippen molar-refractivity contribution in [3.05, 3.63) is 45.9 Å². The summed E-state index contributed by atoms with van der Waals surface area (Å²) in [5.74, 6) is -1.04. The monoisotopic (exact) mass is 273 g/mol. The van der Waals surface area contributed by atoms with Gasteiger partial charge in [-0.15, -0.1) is 11.3 Å². The fourth-order valence-corrected chi connectivity index (χ4v) is 2.28. The maximum Gasteiger partial charge on any atom is 0.335 e. The van der Waals surface area contributed by atoms with Gasteiger partial charge in [0, 0.05) is 12.4 Å². The molecule has 2 rings (SSSR count). The molecule has 1 heterocycles. The summed E-state index contributed by atoms with van der Waals surface area (Å²) in [7, 11) is 1.84. The third-order valence-corrected chi connectivity index (χ3v) is 3.29. The molecule has 5 nitrogen and oxygen atoms in total. The highest BCUT2D eigenvalue weighted by Crippen LogP contribution is 2.22. The lowest BCUT2D eigenvalue weighted by molar-refractivity contribution is 0.0697. The van der Waals surface area contributed by atoms with E-state index in [1.54, 1.807) is 11.6 Å². The summed E-state index contributed by atoms with van der Waals surface area (Å²) < 4.78 is 0. The number of nitriles is 1. The fraction of sp³-hybridized carbons (Fsp3) is 0.154. The van der Waals surface area contributed by atoms with Gasteiger partial charge in [-0.2, -0.15) is 5.26 Å². The molecule has 0 saturated carbocycles. The van der Waals surface area contributed by atoms with Crippen LogP contribution in [0.3, 0.4) is 0 Å². The molecule has 0 amide bonds. The quantitative estimate of drug-likeness (QED) is 0.925. The lowest BCUT2D eigenvalue weighted by Crippen LogP contribution is -2.18. The first kappa shape index (κ1) is 13.1. The molecule has 0 spiro atoms. The topological polar surface area (TPSA) is 77.2 Å². The van der Waals surface area contributed by atoms with Crippen LogP contribution in [0.25, 0.3) is 0 Å². The Balaban J connectivity index is 2.29. The van der Waals surface area contributed by atoms with Gasteiger partial charge in [0.1, 0.15) is 6.07 Å². The molecule has 96 valence electrons. The second kappa shape index (κ2) is 5.50. The second-order valence-corrected chi connectivity index (χ2v) is 4.70. The molecule has 1 aromatic carbocycles. The van der Waals surface area contributed by atoms with E-state index in [-0.39, 0.29) is 5.56 Å². The van der Waals surface area contributed by atoms with Crippen LogP contribution in [0.5, 0.6) is 0 Å². The van der Waals surface area contributed by atoms with Crippen LogP contribution in [0.15, 0.2) is 29.1 Å². The molecule has 1 N–H and O–H groups in total. The van der Waals surface area contributed by atoms with E-state index < -0.39 is 5.97 Å². The van der Waals surface area contributed by atoms with Crippen molar-refractivity contribution in [3.8, 4) is 6.07 Å². The van der Waals surface area contributed by atoms with Crippen molar-refractivity contribution in [1.82, 2.24) is 4.98 Å². The number of carboxylic acids is 1. The van der Waals surface area contributed by atoms with Gasteiger partial charge in [0.25, 0.3) is 0 Å². The highest BCUT2D eigenvalue weighted by Gasteiger charge is 2.12. The summed E-state index contributed by atoms with van der Waals surface area (Å²) in [4.78, 5) is 16.9. The molecular weight excluding hydrogens is 262 g/mol. The number of rotatable bonds is 4. The molecule has 0 radical (unpaired) electrons. The Bertz CT molecular complexity index is 632. The minimum atomic E-state index is -1.04. The van der Waals surface area contributed by atoms with Crippen molar-refractivity contribution in [1.29, 1.82) is 5.26 Å². The molecule has 1 aromatic heterocycles. The first-order valence-corrected chi connectivity index (χ1v) is 6.41. The van der Waals surface area contributed by atoms with Gasteiger partial charge in [0.2, 0.25) is 0 Å². The van der Waals surface area contributed by atoms with Crippen molar-refractivity contribution in [2.24, 2.45) is 0 Å². The molecule has 0 fully saturated rings. The Morgan fingerprint density at radius 1 is 1.58 bits per heavy atom. The van der Waals surface area contributed by atoms with E-state index in [4.69, 9.17) is 10.4 Å². The zero-order chi connectivity index (χ0) is 13.8. The van der Waals surface area contributed by atoms with Gasteiger partial charge < -0.3 is 10.0 Å². The molecule has 0 bridgehead atoms. The van der Waals surface area contributed by atoms with Gasteiger partial charge in [-0.25, -0.2) is 9.78 Å². The fourth-order valence-electron chi connectivity index (χ4n) is 1.74. The van der Waals surface area contributed by atoms with Crippen LogP contribution in [-0.2, 0) is 6.54 Å². The van der Waals surface area contributed by atoms with Gasteiger partial charge in [0.05, 0.1) is 34.6 Å². The SMILES string of the molecule is CN(Cc1cscn1)c1ccc(C(=O)O)cc1C#N. The number of carboxylic acid groups (broad SMARTS) is 1. The molecule has 0 unspecified atom stereocenters. The summed E-state index contributed by atoms with van der Waals surface area (Å²) in [6, 6.07) is 6.56. The van der Waals surface area contributed by atoms with E-state index >= 15 is 0 Å². The van der Waals surface area contributed by atoms with Crippen molar-refractivity contribution < 1.29 is 9.90 Å². The molecule has 0 saturated heterocycles. The van der Waals surface area contributed by atoms with Gasteiger partial charge >= 0.3 is 5.97 Å². The van der Waals surface area contributed by atoms with E-state index in [0.29, 0.717) is 17.8 Å². The van der Waals surface area contributed by atoms with E-state index in [1.165, 1.54) is 23.5 Å². The lowest BCUT2D eigenvalue weighted by atomic mass is 10.1. The number of anilines is 1. The van der Waals surface area contributed by atoms with Crippen LogP contribution < -0.4 is 4.90 Å². The summed E-state index contributed by atoms with van der Waals surface area (Å²) in [5.41, 5.74) is 3.82. The molecule has 2 aromatic rings. The number of aromatic carboxylic acids is 1. The van der Waals surface area contributed by atoms with E-state index in [0.717, 1.165) is 5.69 Å². The number of hydrogen-bond donors (Lipinski definition) is 1. The van der Waals surface area contributed by atoms with Crippen LogP contribution in [0, 0.1) is 11.3 Å². The first-order chi connectivity index (χ1) is 9.11. The Kier molecular flexibility index (Phi) is 3.78. The van der Waals surface area contributed by atoms with Gasteiger partial charge in [0.15, 0.2) is 0 Å². The van der Waals surface area contributed by atoms with Gasteiger partial charge in [-0.1, -0.05) is 0 Å². The summed E-state index contributed by atoms with van der Waals surface area (Å²) >= 11 is 1.51. The molecule has 6 heteroatoms. The Hall–Kier alpha value is -2.39. The van der Waals surface area contributed by atoms with Gasteiger partial charge in [-0.05, 0) is 18.2 Å². The molecule has 19 heavy (non-hydrogen) atoms. The number of carbonyl (C=O) groups is 1. The van der Waals surface area contributed by atoms with E-state index in [1.807, 2.05) is 23.4 Å². The zero-order valence-electron chi connectivity index (χ0n) is 10.2. The normalized spacial score (nSPS) is 9.89. The van der Waals surface area contributed by atoms with Crippen LogP contribution >= 0.6 is 11.3 Å². The van der Waals surface area contributed by atoms with Gasteiger partial charge in [-0.3, -0.25) is 0 Å². The van der Waals surface area contributed by atoms with Crippen molar-refractivity contribution in [2.45, 2.75) is 6.54 Å². The lowest BCUT2D eigenvalue weighted by Gasteiger charge is -2.19. The van der Waals surface area contributed by atoms with Crippen LogP contribution in [0.4, 0.5) is 5.69 Å². The second-order valence-electron chi connectivity index (χ2n) is 3.98. The predicted molar refractivity (Wildman–Crippen MR) is 72.3 cm³/mol. The largest absolute Gasteiger partial charge is 0.478 e. The van der Waals surface area contributed by atoms with Crippen molar-refractivity contribution >= 4 is 23.0 Å². The summed E-state index contributed by atoms with van der Waals surface area (Å²) in [6.07, 6.45) is 0. The number of benzene rings is 1. The Morgan fingerprint density at radius 2 is 2.37 bits per heavy atom. The molecule has 0 atom stereocenters.